The number of benzene rings is 2. The molecule has 0 aliphatic carbocycles. The van der Waals surface area contributed by atoms with E-state index in [0.29, 0.717) is 5.11 Å². The summed E-state index contributed by atoms with van der Waals surface area (Å²) in [6.07, 6.45) is 0. The predicted octanol–water partition coefficient (Wildman–Crippen LogP) is 3.40. The molecule has 4 heteroatoms. The SMILES string of the molecule is S=C(Nc1ccccc1)Nc1ccccc1[S-]. The van der Waals surface area contributed by atoms with E-state index in [1.165, 1.54) is 0 Å². The van der Waals surface area contributed by atoms with Gasteiger partial charge in [0, 0.05) is 11.4 Å². The molecule has 0 bridgehead atoms. The van der Waals surface area contributed by atoms with Crippen LogP contribution in [0.5, 0.6) is 0 Å². The van der Waals surface area contributed by atoms with E-state index >= 15 is 0 Å². The van der Waals surface area contributed by atoms with Crippen molar-refractivity contribution >= 4 is 41.3 Å². The second kappa shape index (κ2) is 5.61. The number of hydrogen-bond donors (Lipinski definition) is 2. The van der Waals surface area contributed by atoms with E-state index < -0.39 is 0 Å². The zero-order valence-electron chi connectivity index (χ0n) is 9.01. The number of rotatable bonds is 2. The Hall–Kier alpha value is -1.65. The zero-order valence-corrected chi connectivity index (χ0v) is 10.6. The Kier molecular flexibility index (Phi) is 3.90. The van der Waals surface area contributed by atoms with Crippen LogP contribution in [0.15, 0.2) is 59.5 Å². The molecule has 0 unspecified atom stereocenters. The molecule has 0 atom stereocenters. The minimum atomic E-state index is 0.536. The molecule has 17 heavy (non-hydrogen) atoms. The van der Waals surface area contributed by atoms with Gasteiger partial charge in [-0.25, -0.2) is 0 Å². The van der Waals surface area contributed by atoms with Gasteiger partial charge in [-0.15, -0.1) is 0 Å². The maximum Gasteiger partial charge on any atom is 0.175 e. The van der Waals surface area contributed by atoms with Crippen molar-refractivity contribution in [2.24, 2.45) is 0 Å². The van der Waals surface area contributed by atoms with Crippen LogP contribution in [0.2, 0.25) is 0 Å². The van der Waals surface area contributed by atoms with Gasteiger partial charge < -0.3 is 23.3 Å². The van der Waals surface area contributed by atoms with Gasteiger partial charge in [0.05, 0.1) is 0 Å². The number of anilines is 2. The van der Waals surface area contributed by atoms with E-state index in [0.717, 1.165) is 16.3 Å². The molecule has 2 rings (SSSR count). The van der Waals surface area contributed by atoms with Gasteiger partial charge in [0.15, 0.2) is 5.11 Å². The first kappa shape index (κ1) is 11.8. The molecule has 0 fully saturated rings. The third-order valence-electron chi connectivity index (χ3n) is 2.17. The Labute approximate surface area is 111 Å². The van der Waals surface area contributed by atoms with Gasteiger partial charge in [0.1, 0.15) is 0 Å². The highest BCUT2D eigenvalue weighted by Crippen LogP contribution is 2.14. The van der Waals surface area contributed by atoms with Crippen LogP contribution in [0.4, 0.5) is 11.4 Å². The lowest BCUT2D eigenvalue weighted by molar-refractivity contribution is 1.45. The van der Waals surface area contributed by atoms with Gasteiger partial charge in [-0.1, -0.05) is 36.4 Å². The zero-order chi connectivity index (χ0) is 12.1. The monoisotopic (exact) mass is 259 g/mol. The molecule has 0 radical (unpaired) electrons. The molecule has 0 saturated carbocycles. The van der Waals surface area contributed by atoms with E-state index in [4.69, 9.17) is 24.8 Å². The molecule has 0 aliphatic heterocycles. The molecule has 0 aliphatic rings. The third kappa shape index (κ3) is 3.41. The molecule has 0 aromatic heterocycles. The summed E-state index contributed by atoms with van der Waals surface area (Å²) in [6, 6.07) is 17.4. The summed E-state index contributed by atoms with van der Waals surface area (Å²) < 4.78 is 0. The lowest BCUT2D eigenvalue weighted by atomic mass is 10.3. The van der Waals surface area contributed by atoms with Crippen molar-refractivity contribution in [1.82, 2.24) is 0 Å². The third-order valence-corrected chi connectivity index (χ3v) is 2.73. The first-order valence-electron chi connectivity index (χ1n) is 5.15. The van der Waals surface area contributed by atoms with Crippen molar-refractivity contribution in [2.45, 2.75) is 4.90 Å². The summed E-state index contributed by atoms with van der Waals surface area (Å²) in [5, 5.41) is 6.70. The van der Waals surface area contributed by atoms with Gasteiger partial charge in [-0.05, 0) is 30.4 Å². The minimum absolute atomic E-state index is 0.536. The fourth-order valence-electron chi connectivity index (χ4n) is 1.38. The van der Waals surface area contributed by atoms with Crippen molar-refractivity contribution in [2.75, 3.05) is 10.6 Å². The van der Waals surface area contributed by atoms with Crippen LogP contribution in [0, 0.1) is 0 Å². The summed E-state index contributed by atoms with van der Waals surface area (Å²) in [7, 11) is 0. The molecule has 2 aromatic carbocycles. The number of nitrogens with one attached hydrogen (secondary N) is 2. The summed E-state index contributed by atoms with van der Waals surface area (Å²) in [5.74, 6) is 0. The van der Waals surface area contributed by atoms with E-state index in [2.05, 4.69) is 10.6 Å². The molecule has 0 heterocycles. The topological polar surface area (TPSA) is 24.1 Å². The predicted molar refractivity (Wildman–Crippen MR) is 78.4 cm³/mol. The Morgan fingerprint density at radius 2 is 1.53 bits per heavy atom. The molecular formula is C13H11N2S2-. The van der Waals surface area contributed by atoms with Gasteiger partial charge >= 0.3 is 0 Å². The normalized spacial score (nSPS) is 9.65. The second-order valence-corrected chi connectivity index (χ2v) is 4.29. The first-order valence-corrected chi connectivity index (χ1v) is 5.96. The summed E-state index contributed by atoms with van der Waals surface area (Å²) in [4.78, 5) is 0.754. The minimum Gasteiger partial charge on any atom is -0.778 e. The average Bonchev–Trinajstić information content (AvgIpc) is 2.33. The van der Waals surface area contributed by atoms with Crippen molar-refractivity contribution in [1.29, 1.82) is 0 Å². The van der Waals surface area contributed by atoms with E-state index in [-0.39, 0.29) is 0 Å². The number of thiocarbonyl (C=S) groups is 1. The van der Waals surface area contributed by atoms with E-state index in [9.17, 15) is 0 Å². The van der Waals surface area contributed by atoms with Gasteiger partial charge in [0.2, 0.25) is 0 Å². The van der Waals surface area contributed by atoms with Gasteiger partial charge in [-0.2, -0.15) is 4.90 Å². The van der Waals surface area contributed by atoms with Crippen LogP contribution in [-0.4, -0.2) is 5.11 Å². The fourth-order valence-corrected chi connectivity index (χ4v) is 1.80. The summed E-state index contributed by atoms with van der Waals surface area (Å²) in [5.41, 5.74) is 1.79. The van der Waals surface area contributed by atoms with Crippen LogP contribution in [0.3, 0.4) is 0 Å². The molecular weight excluding hydrogens is 248 g/mol. The first-order chi connectivity index (χ1) is 8.25. The van der Waals surface area contributed by atoms with Crippen LogP contribution >= 0.6 is 12.2 Å². The average molecular weight is 259 g/mol. The molecule has 2 N–H and O–H groups in total. The summed E-state index contributed by atoms with van der Waals surface area (Å²) >= 11 is 10.4. The Morgan fingerprint density at radius 1 is 0.882 bits per heavy atom. The highest BCUT2D eigenvalue weighted by atomic mass is 32.1. The summed E-state index contributed by atoms with van der Waals surface area (Å²) in [6.45, 7) is 0. The Bertz CT molecular complexity index is 512. The number of para-hydroxylation sites is 2. The molecule has 86 valence electrons. The van der Waals surface area contributed by atoms with Crippen molar-refractivity contribution < 1.29 is 0 Å². The molecule has 2 aromatic rings. The highest BCUT2D eigenvalue weighted by Gasteiger charge is 1.97. The lowest BCUT2D eigenvalue weighted by Crippen LogP contribution is -2.19. The second-order valence-electron chi connectivity index (χ2n) is 3.44. The van der Waals surface area contributed by atoms with E-state index in [1.54, 1.807) is 0 Å². The molecule has 0 saturated heterocycles. The van der Waals surface area contributed by atoms with E-state index in [1.807, 2.05) is 54.6 Å². The maximum absolute atomic E-state index is 5.21. The number of hydrogen-bond acceptors (Lipinski definition) is 2. The standard InChI is InChI=1S/C13H12N2S2/c16-12-9-5-4-8-11(12)15-13(17)14-10-6-2-1-3-7-10/h1-9,16H,(H2,14,15,17)/p-1. The Balaban J connectivity index is 2.01. The van der Waals surface area contributed by atoms with Crippen LogP contribution in [0.1, 0.15) is 0 Å². The van der Waals surface area contributed by atoms with Crippen LogP contribution < -0.4 is 10.6 Å². The van der Waals surface area contributed by atoms with Crippen molar-refractivity contribution in [3.8, 4) is 0 Å². The largest absolute Gasteiger partial charge is 0.778 e. The van der Waals surface area contributed by atoms with Gasteiger partial charge in [0.25, 0.3) is 0 Å². The lowest BCUT2D eigenvalue weighted by Gasteiger charge is -2.16. The fraction of sp³-hybridized carbons (Fsp3) is 0. The van der Waals surface area contributed by atoms with Crippen molar-refractivity contribution in [3.63, 3.8) is 0 Å². The molecule has 0 spiro atoms. The quantitative estimate of drug-likeness (QED) is 0.637. The molecule has 0 amide bonds. The van der Waals surface area contributed by atoms with Crippen LogP contribution in [-0.2, 0) is 12.6 Å². The Morgan fingerprint density at radius 3 is 2.24 bits per heavy atom. The smallest absolute Gasteiger partial charge is 0.175 e. The maximum atomic E-state index is 5.21. The van der Waals surface area contributed by atoms with Gasteiger partial charge in [-0.3, -0.25) is 0 Å². The highest BCUT2D eigenvalue weighted by molar-refractivity contribution is 7.80. The molecule has 2 nitrogen and oxygen atoms in total. The van der Waals surface area contributed by atoms with Crippen molar-refractivity contribution in [3.05, 3.63) is 54.6 Å². The van der Waals surface area contributed by atoms with Crippen LogP contribution in [0.25, 0.3) is 0 Å².